The molecule has 0 aromatic heterocycles. The van der Waals surface area contributed by atoms with Gasteiger partial charge in [0.05, 0.1) is 15.5 Å². The number of sulfone groups is 1. The van der Waals surface area contributed by atoms with Gasteiger partial charge >= 0.3 is 0 Å². The SMILES string of the molecule is CC1=C(N=C/C(=C/c2ccc(F)cc2)S(=O)(=O)c2ccc(C)c(F)c2)CC(F)=CC=C1. The molecule has 1 aliphatic rings. The number of nitrogens with zero attached hydrogens (tertiary/aromatic N) is 1. The van der Waals surface area contributed by atoms with Crippen LogP contribution in [-0.4, -0.2) is 14.6 Å². The largest absolute Gasteiger partial charge is 0.259 e. The van der Waals surface area contributed by atoms with Crippen molar-refractivity contribution < 1.29 is 21.6 Å². The van der Waals surface area contributed by atoms with Crippen molar-refractivity contribution in [3.8, 4) is 0 Å². The minimum atomic E-state index is -4.16. The lowest BCUT2D eigenvalue weighted by molar-refractivity contribution is 0.595. The maximum Gasteiger partial charge on any atom is 0.208 e. The Balaban J connectivity index is 2.11. The third-order valence-corrected chi connectivity index (χ3v) is 6.42. The highest BCUT2D eigenvalue weighted by atomic mass is 32.2. The molecule has 2 aromatic rings. The highest BCUT2D eigenvalue weighted by Gasteiger charge is 2.21. The van der Waals surface area contributed by atoms with E-state index in [0.717, 1.165) is 12.3 Å². The highest BCUT2D eigenvalue weighted by molar-refractivity contribution is 7.96. The van der Waals surface area contributed by atoms with Gasteiger partial charge in [-0.25, -0.2) is 21.6 Å². The Hall–Kier alpha value is -3.19. The van der Waals surface area contributed by atoms with Gasteiger partial charge in [-0.15, -0.1) is 0 Å². The van der Waals surface area contributed by atoms with Crippen molar-refractivity contribution in [3.63, 3.8) is 0 Å². The fourth-order valence-corrected chi connectivity index (χ4v) is 4.09. The van der Waals surface area contributed by atoms with Crippen molar-refractivity contribution in [2.24, 2.45) is 4.99 Å². The number of rotatable bonds is 5. The number of benzene rings is 2. The first-order valence-electron chi connectivity index (χ1n) is 9.42. The fraction of sp³-hybridized carbons (Fsp3) is 0.125. The van der Waals surface area contributed by atoms with Crippen molar-refractivity contribution in [1.82, 2.24) is 0 Å². The first-order chi connectivity index (χ1) is 14.7. The Kier molecular flexibility index (Phi) is 6.75. The molecule has 0 saturated heterocycles. The van der Waals surface area contributed by atoms with E-state index in [1.165, 1.54) is 55.5 Å². The molecule has 7 heteroatoms. The molecule has 31 heavy (non-hydrogen) atoms. The second-order valence-corrected chi connectivity index (χ2v) is 9.00. The second-order valence-electron chi connectivity index (χ2n) is 7.05. The van der Waals surface area contributed by atoms with Gasteiger partial charge in [0.2, 0.25) is 9.84 Å². The summed E-state index contributed by atoms with van der Waals surface area (Å²) in [5.74, 6) is -1.53. The summed E-state index contributed by atoms with van der Waals surface area (Å²) in [6.45, 7) is 3.27. The summed E-state index contributed by atoms with van der Waals surface area (Å²) >= 11 is 0. The zero-order valence-electron chi connectivity index (χ0n) is 16.9. The highest BCUT2D eigenvalue weighted by Crippen LogP contribution is 2.25. The summed E-state index contributed by atoms with van der Waals surface area (Å²) in [7, 11) is -4.16. The second kappa shape index (κ2) is 9.31. The van der Waals surface area contributed by atoms with Crippen molar-refractivity contribution in [1.29, 1.82) is 0 Å². The molecule has 2 aromatic carbocycles. The van der Waals surface area contributed by atoms with Gasteiger partial charge in [-0.2, -0.15) is 0 Å². The van der Waals surface area contributed by atoms with E-state index in [4.69, 9.17) is 0 Å². The van der Waals surface area contributed by atoms with Crippen LogP contribution >= 0.6 is 0 Å². The van der Waals surface area contributed by atoms with Crippen LogP contribution in [0.3, 0.4) is 0 Å². The van der Waals surface area contributed by atoms with Gasteiger partial charge in [0.15, 0.2) is 0 Å². The number of allylic oxidation sites excluding steroid dienone is 6. The fourth-order valence-electron chi connectivity index (χ4n) is 2.82. The quantitative estimate of drug-likeness (QED) is 0.513. The molecule has 0 fully saturated rings. The van der Waals surface area contributed by atoms with Crippen molar-refractivity contribution in [2.75, 3.05) is 0 Å². The number of aliphatic imine (C=N–C) groups is 1. The Labute approximate surface area is 179 Å². The average Bonchev–Trinajstić information content (AvgIpc) is 2.88. The lowest BCUT2D eigenvalue weighted by Crippen LogP contribution is -2.07. The zero-order valence-corrected chi connectivity index (χ0v) is 17.8. The van der Waals surface area contributed by atoms with Crippen LogP contribution in [0.4, 0.5) is 13.2 Å². The predicted molar refractivity (Wildman–Crippen MR) is 117 cm³/mol. The minimum Gasteiger partial charge on any atom is -0.259 e. The molecule has 0 radical (unpaired) electrons. The van der Waals surface area contributed by atoms with Crippen molar-refractivity contribution in [2.45, 2.75) is 25.2 Å². The van der Waals surface area contributed by atoms with Gasteiger partial charge in [-0.05, 0) is 67.0 Å². The smallest absolute Gasteiger partial charge is 0.208 e. The molecule has 1 aliphatic carbocycles. The standard InChI is InChI=1S/C24H20F3NO2S/c1-16-6-11-21(14-23(16)27)31(29,30)22(12-18-7-9-19(25)10-8-18)15-28-24-13-20(26)5-3-4-17(24)2/h3-12,14-15H,13H2,1-2H3/b22-12-,28-15?. The van der Waals surface area contributed by atoms with E-state index in [-0.39, 0.29) is 16.2 Å². The van der Waals surface area contributed by atoms with E-state index < -0.39 is 27.3 Å². The Bertz CT molecular complexity index is 1250. The molecule has 3 rings (SSSR count). The van der Waals surface area contributed by atoms with Gasteiger partial charge in [-0.1, -0.05) is 30.4 Å². The first kappa shape index (κ1) is 22.5. The molecule has 0 amide bonds. The zero-order chi connectivity index (χ0) is 22.6. The van der Waals surface area contributed by atoms with E-state index >= 15 is 0 Å². The molecule has 0 atom stereocenters. The monoisotopic (exact) mass is 443 g/mol. The Morgan fingerprint density at radius 3 is 2.42 bits per heavy atom. The molecular formula is C24H20F3NO2S. The summed E-state index contributed by atoms with van der Waals surface area (Å²) < 4.78 is 67.6. The summed E-state index contributed by atoms with van der Waals surface area (Å²) in [6.07, 6.45) is 6.87. The summed E-state index contributed by atoms with van der Waals surface area (Å²) in [6, 6.07) is 8.84. The number of hydrogen-bond donors (Lipinski definition) is 0. The molecule has 0 aliphatic heterocycles. The lowest BCUT2D eigenvalue weighted by Gasteiger charge is -2.08. The molecule has 0 saturated carbocycles. The van der Waals surface area contributed by atoms with Crippen LogP contribution < -0.4 is 0 Å². The van der Waals surface area contributed by atoms with Crippen LogP contribution in [0, 0.1) is 18.6 Å². The molecule has 0 unspecified atom stereocenters. The lowest BCUT2D eigenvalue weighted by atomic mass is 10.2. The van der Waals surface area contributed by atoms with E-state index in [2.05, 4.69) is 4.99 Å². The third-order valence-electron chi connectivity index (χ3n) is 4.71. The Morgan fingerprint density at radius 1 is 1.03 bits per heavy atom. The predicted octanol–water partition coefficient (Wildman–Crippen LogP) is 6.25. The van der Waals surface area contributed by atoms with Crippen LogP contribution in [-0.2, 0) is 9.84 Å². The van der Waals surface area contributed by atoms with Gasteiger partial charge < -0.3 is 0 Å². The first-order valence-corrected chi connectivity index (χ1v) is 10.9. The maximum atomic E-state index is 14.0. The molecule has 160 valence electrons. The molecule has 0 bridgehead atoms. The summed E-state index contributed by atoms with van der Waals surface area (Å²) in [5.41, 5.74) is 1.76. The number of hydrogen-bond acceptors (Lipinski definition) is 3. The third kappa shape index (κ3) is 5.49. The van der Waals surface area contributed by atoms with Crippen molar-refractivity contribution in [3.05, 3.63) is 105 Å². The molecule has 3 nitrogen and oxygen atoms in total. The van der Waals surface area contributed by atoms with Gasteiger partial charge in [0.25, 0.3) is 0 Å². The normalized spacial score (nSPS) is 15.4. The van der Waals surface area contributed by atoms with Crippen LogP contribution in [0.15, 0.2) is 92.6 Å². The topological polar surface area (TPSA) is 46.5 Å². The average molecular weight is 443 g/mol. The number of halogens is 3. The molecule has 0 spiro atoms. The van der Waals surface area contributed by atoms with Gasteiger partial charge in [-0.3, -0.25) is 4.99 Å². The molecule has 0 heterocycles. The van der Waals surface area contributed by atoms with Crippen molar-refractivity contribution >= 4 is 22.1 Å². The van der Waals surface area contributed by atoms with E-state index in [0.29, 0.717) is 22.4 Å². The van der Waals surface area contributed by atoms with Crippen LogP contribution in [0.25, 0.3) is 6.08 Å². The van der Waals surface area contributed by atoms with Gasteiger partial charge in [0.1, 0.15) is 17.5 Å². The maximum absolute atomic E-state index is 14.0. The number of aryl methyl sites for hydroxylation is 1. The van der Waals surface area contributed by atoms with Crippen LogP contribution in [0.2, 0.25) is 0 Å². The summed E-state index contributed by atoms with van der Waals surface area (Å²) in [5, 5.41) is 0. The van der Waals surface area contributed by atoms with E-state index in [9.17, 15) is 21.6 Å². The molecule has 0 N–H and O–H groups in total. The van der Waals surface area contributed by atoms with E-state index in [1.807, 2.05) is 0 Å². The minimum absolute atomic E-state index is 0.0850. The Morgan fingerprint density at radius 2 is 1.74 bits per heavy atom. The van der Waals surface area contributed by atoms with E-state index in [1.54, 1.807) is 19.1 Å². The summed E-state index contributed by atoms with van der Waals surface area (Å²) in [4.78, 5) is 3.75. The van der Waals surface area contributed by atoms with Crippen LogP contribution in [0.1, 0.15) is 24.5 Å². The van der Waals surface area contributed by atoms with Gasteiger partial charge in [0, 0.05) is 12.6 Å². The van der Waals surface area contributed by atoms with Crippen LogP contribution in [0.5, 0.6) is 0 Å². The molecular weight excluding hydrogens is 423 g/mol.